The summed E-state index contributed by atoms with van der Waals surface area (Å²) in [6.07, 6.45) is 29.5. The van der Waals surface area contributed by atoms with Gasteiger partial charge in [0.25, 0.3) is 0 Å². The summed E-state index contributed by atoms with van der Waals surface area (Å²) in [5, 5.41) is 11.3. The Morgan fingerprint density at radius 3 is 1.09 bits per heavy atom. The molecule has 11 aromatic rings. The van der Waals surface area contributed by atoms with Crippen molar-refractivity contribution in [3.8, 4) is 0 Å². The molecule has 5 aromatic heterocycles. The fourth-order valence-electron chi connectivity index (χ4n) is 8.91. The third-order valence-corrected chi connectivity index (χ3v) is 13.6. The zero-order chi connectivity index (χ0) is 86.3. The van der Waals surface area contributed by atoms with Crippen molar-refractivity contribution in [1.29, 1.82) is 0 Å². The first kappa shape index (κ1) is 125. The van der Waals surface area contributed by atoms with Crippen LogP contribution in [0.15, 0.2) is 260 Å². The molecule has 0 unspecified atom stereocenters. The number of anilines is 1. The van der Waals surface area contributed by atoms with Crippen molar-refractivity contribution in [2.75, 3.05) is 11.9 Å². The second-order valence-corrected chi connectivity index (χ2v) is 19.3. The number of pyridine rings is 3. The molecule has 6 aromatic carbocycles. The van der Waals surface area contributed by atoms with E-state index in [9.17, 15) is 0 Å². The van der Waals surface area contributed by atoms with Gasteiger partial charge >= 0.3 is 0 Å². The van der Waals surface area contributed by atoms with Gasteiger partial charge in [0.15, 0.2) is 0 Å². The Kier molecular flexibility index (Phi) is 133. The Balaban J connectivity index is -0.000000107. The second-order valence-electron chi connectivity index (χ2n) is 18.5. The molecule has 4 aliphatic rings. The van der Waals surface area contributed by atoms with Gasteiger partial charge in [-0.05, 0) is 180 Å². The van der Waals surface area contributed by atoms with Crippen molar-refractivity contribution in [2.45, 2.75) is 313 Å². The van der Waals surface area contributed by atoms with Crippen LogP contribution in [0.5, 0.6) is 0 Å². The van der Waals surface area contributed by atoms with Gasteiger partial charge in [-0.15, -0.1) is 0 Å². The van der Waals surface area contributed by atoms with Crippen molar-refractivity contribution < 1.29 is 0 Å². The van der Waals surface area contributed by atoms with Crippen molar-refractivity contribution in [2.24, 2.45) is 0 Å². The number of nitrogens with one attached hydrogen (secondary N) is 2. The molecule has 6 heteroatoms. The number of fused-ring (bicyclic) bond motifs is 6. The molecule has 2 N–H and O–H groups in total. The quantitative estimate of drug-likeness (QED) is 0.159. The Labute approximate surface area is 690 Å². The molecular weight excluding hydrogens is 1350 g/mol. The van der Waals surface area contributed by atoms with E-state index in [1.807, 2.05) is 338 Å². The van der Waals surface area contributed by atoms with Crippen LogP contribution in [-0.4, -0.2) is 26.5 Å². The van der Waals surface area contributed by atoms with E-state index >= 15 is 0 Å². The molecule has 0 atom stereocenters. The number of para-hydroxylation sites is 2. The number of aryl methyl sites for hydroxylation is 6. The first-order chi connectivity index (χ1) is 54.7. The second kappa shape index (κ2) is 117. The van der Waals surface area contributed by atoms with Crippen molar-refractivity contribution in [1.82, 2.24) is 19.9 Å². The number of thiophene rings is 1. The number of aromatic nitrogens is 4. The van der Waals surface area contributed by atoms with Gasteiger partial charge in [-0.3, -0.25) is 15.0 Å². The standard InChI is InChI=1S/C10H12.C10H8.C9H11N.C9H9N.C8H9N.C8H7N.C7H8.C5H5N.C4H4S.17C2H6/c2*1-2-6-10-8-4-3-7-9(10)5-1;1-2-6-9-8(4-1)5-3-7-10-9;1-2-4-9-7-10-6-5-8(9)3-1;2*1-2-4-8-7(3-1)5-6-9-8;1-7-5-3-2-4-6-7;1-2-4-6-5-3-1;1-2-4-5-3-1;17*1-2/h1-2,5-6H,3-4,7-8H2;1-8H;3,5,7H,1-2,4,6H2;1,3,5-7H,2,4H2;1-4,9H,5-6H2;1-6,9H;2-6H,1H3;1-5H;1-4H;17*1-2H3. The Morgan fingerprint density at radius 2 is 0.700 bits per heavy atom. The Bertz CT molecular complexity index is 3010. The highest BCUT2D eigenvalue weighted by Gasteiger charge is 2.09. The fourth-order valence-corrected chi connectivity index (χ4v) is 9.36. The van der Waals surface area contributed by atoms with Crippen LogP contribution in [0.4, 0.5) is 5.69 Å². The first-order valence-electron chi connectivity index (χ1n) is 43.9. The van der Waals surface area contributed by atoms with Gasteiger partial charge in [0.1, 0.15) is 0 Å². The highest BCUT2D eigenvalue weighted by Crippen LogP contribution is 2.22. The third-order valence-electron chi connectivity index (χ3n) is 13.0. The minimum absolute atomic E-state index is 1.11. The van der Waals surface area contributed by atoms with E-state index in [4.69, 9.17) is 0 Å². The van der Waals surface area contributed by atoms with Crippen molar-refractivity contribution >= 4 is 44.8 Å². The summed E-state index contributed by atoms with van der Waals surface area (Å²) in [6, 6.07) is 70.6. The van der Waals surface area contributed by atoms with E-state index in [1.165, 1.54) is 125 Å². The van der Waals surface area contributed by atoms with Crippen LogP contribution in [0.3, 0.4) is 0 Å². The largest absolute Gasteiger partial charge is 0.384 e. The lowest BCUT2D eigenvalue weighted by Gasteiger charge is -2.13. The summed E-state index contributed by atoms with van der Waals surface area (Å²) in [4.78, 5) is 15.3. The summed E-state index contributed by atoms with van der Waals surface area (Å²) in [7, 11) is 0. The maximum absolute atomic E-state index is 4.32. The predicted octanol–water partition coefficient (Wildman–Crippen LogP) is 35.5. The van der Waals surface area contributed by atoms with Crippen LogP contribution < -0.4 is 5.32 Å². The molecule has 5 nitrogen and oxygen atoms in total. The minimum Gasteiger partial charge on any atom is -0.384 e. The topological polar surface area (TPSA) is 66.5 Å². The van der Waals surface area contributed by atoms with E-state index in [-0.39, 0.29) is 0 Å². The van der Waals surface area contributed by atoms with Crippen LogP contribution in [-0.2, 0) is 38.5 Å². The molecule has 6 heterocycles. The van der Waals surface area contributed by atoms with E-state index in [2.05, 4.69) is 184 Å². The summed E-state index contributed by atoms with van der Waals surface area (Å²) in [6.45, 7) is 71.2. The predicted molar refractivity (Wildman–Crippen MR) is 519 cm³/mol. The van der Waals surface area contributed by atoms with Gasteiger partial charge < -0.3 is 10.3 Å². The zero-order valence-electron chi connectivity index (χ0n) is 78.1. The molecule has 622 valence electrons. The molecule has 1 aliphatic heterocycles. The smallest absolute Gasteiger partial charge is 0.0453 e. The summed E-state index contributed by atoms with van der Waals surface area (Å²) < 4.78 is 0. The minimum atomic E-state index is 1.11. The summed E-state index contributed by atoms with van der Waals surface area (Å²) in [5.41, 5.74) is 14.0. The Hall–Kier alpha value is -8.19. The highest BCUT2D eigenvalue weighted by atomic mass is 32.1. The van der Waals surface area contributed by atoms with Crippen molar-refractivity contribution in [3.63, 3.8) is 0 Å². The van der Waals surface area contributed by atoms with Crippen LogP contribution in [0, 0.1) is 6.92 Å². The molecular formula is C104H175N5S. The van der Waals surface area contributed by atoms with Gasteiger partial charge in [-0.2, -0.15) is 11.3 Å². The van der Waals surface area contributed by atoms with Gasteiger partial charge in [-0.25, -0.2) is 0 Å². The molecule has 0 bridgehead atoms. The van der Waals surface area contributed by atoms with Crippen molar-refractivity contribution in [3.05, 3.63) is 305 Å². The highest BCUT2D eigenvalue weighted by molar-refractivity contribution is 7.07. The van der Waals surface area contributed by atoms with Crippen LogP contribution in [0.2, 0.25) is 0 Å². The molecule has 0 radical (unpaired) electrons. The number of rotatable bonds is 0. The SMILES string of the molecule is C1=Cc2ccncc2CC1.CC.CC.CC.CC.CC.CC.CC.CC.CC.CC.CC.CC.CC.CC.CC.CC.CC.Cc1ccccc1.c1ccc2[nH]ccc2c1.c1ccc2c(c1)CCCC2.c1ccc2c(c1)CCN2.c1ccc2ccccc2c1.c1ccncc1.c1ccsc1.c1cnc2c(c1)CCCC2. The number of hydrogen-bond acceptors (Lipinski definition) is 5. The first-order valence-corrected chi connectivity index (χ1v) is 44.8. The number of aromatic amines is 1. The normalized spacial score (nSPS) is 9.55. The molecule has 3 aliphatic carbocycles. The molecule has 0 spiro atoms. The van der Waals surface area contributed by atoms with Crippen LogP contribution in [0.1, 0.15) is 312 Å². The van der Waals surface area contributed by atoms with Gasteiger partial charge in [-0.1, -0.05) is 417 Å². The maximum Gasteiger partial charge on any atom is 0.0453 e. The van der Waals surface area contributed by atoms with E-state index in [1.54, 1.807) is 34.9 Å². The average molecular weight is 1530 g/mol. The number of hydrogen-bond donors (Lipinski definition) is 2. The molecule has 0 saturated carbocycles. The van der Waals surface area contributed by atoms with E-state index in [0.717, 1.165) is 13.0 Å². The van der Waals surface area contributed by atoms with Gasteiger partial charge in [0.2, 0.25) is 0 Å². The monoisotopic (exact) mass is 1530 g/mol. The molecule has 0 amide bonds. The summed E-state index contributed by atoms with van der Waals surface area (Å²) in [5.74, 6) is 0. The van der Waals surface area contributed by atoms with Crippen LogP contribution in [0.25, 0.3) is 27.8 Å². The molecule has 0 saturated heterocycles. The third kappa shape index (κ3) is 71.4. The zero-order valence-corrected chi connectivity index (χ0v) is 79.0. The fraction of sp³-hybridized carbons (Fsp3) is 0.452. The van der Waals surface area contributed by atoms with E-state index < -0.39 is 0 Å². The number of benzene rings is 6. The molecule has 0 fully saturated rings. The van der Waals surface area contributed by atoms with E-state index in [0.29, 0.717) is 0 Å². The van der Waals surface area contributed by atoms with Gasteiger partial charge in [0.05, 0.1) is 0 Å². The van der Waals surface area contributed by atoms with Crippen LogP contribution >= 0.6 is 11.3 Å². The number of allylic oxidation sites excluding steroid dienone is 1. The lowest BCUT2D eigenvalue weighted by Crippen LogP contribution is -2.03. The maximum atomic E-state index is 4.32. The lowest BCUT2D eigenvalue weighted by molar-refractivity contribution is 0.668. The summed E-state index contributed by atoms with van der Waals surface area (Å²) >= 11 is 1.71. The molecule has 15 rings (SSSR count). The lowest BCUT2D eigenvalue weighted by atomic mass is 9.92. The van der Waals surface area contributed by atoms with Gasteiger partial charge in [0, 0.05) is 60.6 Å². The number of H-pyrrole nitrogens is 1. The Morgan fingerprint density at radius 1 is 0.300 bits per heavy atom. The molecule has 110 heavy (non-hydrogen) atoms. The average Bonchev–Trinajstić information content (AvgIpc) is 1.91. The number of nitrogens with zero attached hydrogens (tertiary/aromatic N) is 3.